The van der Waals surface area contributed by atoms with Crippen LogP contribution < -0.4 is 10.1 Å². The van der Waals surface area contributed by atoms with E-state index in [0.717, 1.165) is 62.0 Å². The van der Waals surface area contributed by atoms with Gasteiger partial charge in [-0.25, -0.2) is 0 Å². The zero-order valence-corrected chi connectivity index (χ0v) is 19.9. The second-order valence-corrected chi connectivity index (χ2v) is 9.32. The molecular weight excluding hydrogens is 420 g/mol. The van der Waals surface area contributed by atoms with Gasteiger partial charge in [-0.3, -0.25) is 9.69 Å². The van der Waals surface area contributed by atoms with Crippen molar-refractivity contribution < 1.29 is 14.3 Å². The summed E-state index contributed by atoms with van der Waals surface area (Å²) in [5, 5.41) is 4.02. The summed E-state index contributed by atoms with van der Waals surface area (Å²) in [4.78, 5) is 12.8. The molecule has 0 saturated heterocycles. The third-order valence-electron chi connectivity index (χ3n) is 7.09. The van der Waals surface area contributed by atoms with Crippen molar-refractivity contribution >= 4 is 23.7 Å². The molecule has 2 aromatic carbocycles. The molecule has 0 aromatic heterocycles. The van der Waals surface area contributed by atoms with E-state index in [0.29, 0.717) is 11.2 Å². The maximum absolute atomic E-state index is 11.3. The smallest absolute Gasteiger partial charge is 0.215 e. The highest BCUT2D eigenvalue weighted by molar-refractivity contribution is 7.80. The lowest BCUT2D eigenvalue weighted by molar-refractivity contribution is -0.114. The Balaban J connectivity index is 1.68. The van der Waals surface area contributed by atoms with Gasteiger partial charge >= 0.3 is 0 Å². The lowest BCUT2D eigenvalue weighted by Crippen LogP contribution is -2.45. The van der Waals surface area contributed by atoms with Crippen LogP contribution in [0.2, 0.25) is 0 Å². The normalized spacial score (nSPS) is 24.1. The number of nitrogens with zero attached hydrogens (tertiary/aromatic N) is 1. The standard InChI is InChI=1S/C26H32N2O3S/c1-4-31-21-10-12-26(13-11-21)16-20-9-8-19(18-6-5-7-22(14-18)30-3)15-23(20)24(26)27-25(32)28(2)17-29/h5-9,14-15,17,21,24H,4,10-13,16H2,1-3H3,(H,27,32)/t21-,24?,26-. The summed E-state index contributed by atoms with van der Waals surface area (Å²) in [5.41, 5.74) is 5.00. The van der Waals surface area contributed by atoms with Crippen molar-refractivity contribution in [3.8, 4) is 16.9 Å². The van der Waals surface area contributed by atoms with Crippen molar-refractivity contribution in [2.75, 3.05) is 20.8 Å². The van der Waals surface area contributed by atoms with Crippen LogP contribution in [0.4, 0.5) is 0 Å². The van der Waals surface area contributed by atoms with Crippen molar-refractivity contribution in [3.63, 3.8) is 0 Å². The van der Waals surface area contributed by atoms with Gasteiger partial charge in [0.1, 0.15) is 5.75 Å². The minimum atomic E-state index is 0.0699. The van der Waals surface area contributed by atoms with Crippen molar-refractivity contribution in [3.05, 3.63) is 53.6 Å². The Morgan fingerprint density at radius 1 is 1.22 bits per heavy atom. The van der Waals surface area contributed by atoms with Crippen molar-refractivity contribution in [2.24, 2.45) is 5.41 Å². The molecule has 1 spiro atoms. The number of carbonyl (C=O) groups is 1. The number of ether oxygens (including phenoxy) is 2. The Bertz CT molecular complexity index is 985. The molecule has 0 heterocycles. The number of methoxy groups -OCH3 is 1. The molecule has 6 heteroatoms. The SMILES string of the molecule is CCO[C@H]1CC[C@]2(CC1)Cc1ccc(-c3cccc(OC)c3)cc1C2NC(=S)N(C)C=O. The van der Waals surface area contributed by atoms with Gasteiger partial charge in [-0.1, -0.05) is 24.3 Å². The Morgan fingerprint density at radius 2 is 1.97 bits per heavy atom. The van der Waals surface area contributed by atoms with Crippen LogP contribution in [0.5, 0.6) is 5.75 Å². The second kappa shape index (κ2) is 9.59. The molecule has 2 aromatic rings. The van der Waals surface area contributed by atoms with E-state index in [4.69, 9.17) is 21.7 Å². The lowest BCUT2D eigenvalue weighted by atomic mass is 9.68. The van der Waals surface area contributed by atoms with Crippen LogP contribution in [-0.4, -0.2) is 43.3 Å². The van der Waals surface area contributed by atoms with Crippen LogP contribution >= 0.6 is 12.2 Å². The fraction of sp³-hybridized carbons (Fsp3) is 0.462. The van der Waals surface area contributed by atoms with E-state index in [2.05, 4.69) is 42.6 Å². The molecule has 1 fully saturated rings. The summed E-state index contributed by atoms with van der Waals surface area (Å²) in [6.07, 6.45) is 6.38. The number of fused-ring (bicyclic) bond motifs is 1. The molecule has 2 aliphatic rings. The quantitative estimate of drug-likeness (QED) is 0.500. The molecule has 1 unspecified atom stereocenters. The van der Waals surface area contributed by atoms with Gasteiger partial charge in [-0.15, -0.1) is 0 Å². The molecule has 1 amide bonds. The molecule has 4 rings (SSSR count). The van der Waals surface area contributed by atoms with Crippen LogP contribution in [0.15, 0.2) is 42.5 Å². The van der Waals surface area contributed by atoms with Crippen LogP contribution in [0.25, 0.3) is 11.1 Å². The first-order chi connectivity index (χ1) is 15.5. The maximum atomic E-state index is 11.3. The van der Waals surface area contributed by atoms with Crippen molar-refractivity contribution in [1.82, 2.24) is 10.2 Å². The van der Waals surface area contributed by atoms with Gasteiger partial charge in [0.15, 0.2) is 5.11 Å². The zero-order chi connectivity index (χ0) is 22.7. The van der Waals surface area contributed by atoms with Crippen LogP contribution in [0.3, 0.4) is 0 Å². The van der Waals surface area contributed by atoms with Gasteiger partial charge in [0.25, 0.3) is 0 Å². The van der Waals surface area contributed by atoms with Crippen molar-refractivity contribution in [2.45, 2.75) is 51.2 Å². The molecule has 2 aliphatic carbocycles. The van der Waals surface area contributed by atoms with Gasteiger partial charge in [-0.2, -0.15) is 0 Å². The lowest BCUT2D eigenvalue weighted by Gasteiger charge is -2.42. The average Bonchev–Trinajstić information content (AvgIpc) is 3.12. The Morgan fingerprint density at radius 3 is 2.66 bits per heavy atom. The average molecular weight is 453 g/mol. The topological polar surface area (TPSA) is 50.8 Å². The van der Waals surface area contributed by atoms with Gasteiger partial charge in [0, 0.05) is 13.7 Å². The summed E-state index contributed by atoms with van der Waals surface area (Å²) in [7, 11) is 3.39. The third kappa shape index (κ3) is 4.39. The van der Waals surface area contributed by atoms with Crippen LogP contribution in [-0.2, 0) is 16.0 Å². The minimum Gasteiger partial charge on any atom is -0.497 e. The predicted octanol–water partition coefficient (Wildman–Crippen LogP) is 4.89. The number of thiocarbonyl (C=S) groups is 1. The minimum absolute atomic E-state index is 0.0699. The Labute approximate surface area is 196 Å². The molecule has 170 valence electrons. The van der Waals surface area contributed by atoms with Crippen molar-refractivity contribution in [1.29, 1.82) is 0 Å². The van der Waals surface area contributed by atoms with Gasteiger partial charge in [0.2, 0.25) is 6.41 Å². The summed E-state index contributed by atoms with van der Waals surface area (Å²) in [6.45, 7) is 2.83. The number of rotatable bonds is 6. The fourth-order valence-corrected chi connectivity index (χ4v) is 5.52. The van der Waals surface area contributed by atoms with E-state index >= 15 is 0 Å². The van der Waals surface area contributed by atoms with Gasteiger partial charge in [-0.05, 0) is 97.1 Å². The van der Waals surface area contributed by atoms with E-state index in [9.17, 15) is 4.79 Å². The van der Waals surface area contributed by atoms with Crippen LogP contribution in [0, 0.1) is 5.41 Å². The molecule has 1 atom stereocenters. The van der Waals surface area contributed by atoms with Gasteiger partial charge < -0.3 is 14.8 Å². The third-order valence-corrected chi connectivity index (χ3v) is 7.50. The molecule has 0 bridgehead atoms. The largest absolute Gasteiger partial charge is 0.497 e. The summed E-state index contributed by atoms with van der Waals surface area (Å²) in [5.74, 6) is 0.845. The molecule has 1 N–H and O–H groups in total. The number of amides is 1. The Hall–Kier alpha value is -2.44. The first kappa shape index (κ1) is 22.7. The number of hydrogen-bond acceptors (Lipinski definition) is 4. The van der Waals surface area contributed by atoms with Crippen LogP contribution in [0.1, 0.15) is 49.8 Å². The highest BCUT2D eigenvalue weighted by atomic mass is 32.1. The Kier molecular flexibility index (Phi) is 6.82. The van der Waals surface area contributed by atoms with E-state index in [1.165, 1.54) is 16.0 Å². The molecule has 0 aliphatic heterocycles. The molecule has 32 heavy (non-hydrogen) atoms. The first-order valence-electron chi connectivity index (χ1n) is 11.4. The zero-order valence-electron chi connectivity index (χ0n) is 19.1. The van der Waals surface area contributed by atoms with E-state index in [-0.39, 0.29) is 11.5 Å². The molecule has 5 nitrogen and oxygen atoms in total. The fourth-order valence-electron chi connectivity index (χ4n) is 5.36. The molecule has 0 radical (unpaired) electrons. The predicted molar refractivity (Wildman–Crippen MR) is 131 cm³/mol. The monoisotopic (exact) mass is 452 g/mol. The summed E-state index contributed by atoms with van der Waals surface area (Å²) in [6, 6.07) is 15.0. The first-order valence-corrected chi connectivity index (χ1v) is 11.8. The summed E-state index contributed by atoms with van der Waals surface area (Å²) >= 11 is 5.56. The molecular formula is C26H32N2O3S. The number of hydrogen-bond donors (Lipinski definition) is 1. The van der Waals surface area contributed by atoms with E-state index < -0.39 is 0 Å². The molecule has 1 saturated carbocycles. The highest BCUT2D eigenvalue weighted by Gasteiger charge is 2.48. The van der Waals surface area contributed by atoms with E-state index in [1.54, 1.807) is 14.2 Å². The number of nitrogens with one attached hydrogen (secondary N) is 1. The summed E-state index contributed by atoms with van der Waals surface area (Å²) < 4.78 is 11.3. The number of benzene rings is 2. The maximum Gasteiger partial charge on any atom is 0.215 e. The van der Waals surface area contributed by atoms with E-state index in [1.807, 2.05) is 12.1 Å². The highest BCUT2D eigenvalue weighted by Crippen LogP contribution is 2.55. The second-order valence-electron chi connectivity index (χ2n) is 8.94. The number of carbonyl (C=O) groups excluding carboxylic acids is 1. The van der Waals surface area contributed by atoms with Gasteiger partial charge in [0.05, 0.1) is 19.3 Å².